The molecular weight excluding hydrogens is 303 g/mol. The van der Waals surface area contributed by atoms with E-state index >= 15 is 0 Å². The quantitative estimate of drug-likeness (QED) is 0.649. The number of benzene rings is 1. The van der Waals surface area contributed by atoms with Gasteiger partial charge >= 0.3 is 7.82 Å². The molecule has 1 aromatic carbocycles. The van der Waals surface area contributed by atoms with E-state index in [1.165, 1.54) is 0 Å². The molecule has 0 fully saturated rings. The molecule has 2 rings (SSSR count). The molecule has 0 radical (unpaired) electrons. The molecule has 0 aliphatic heterocycles. The minimum atomic E-state index is -4.57. The van der Waals surface area contributed by atoms with E-state index in [0.29, 0.717) is 0 Å². The zero-order valence-corrected chi connectivity index (χ0v) is 13.8. The summed E-state index contributed by atoms with van der Waals surface area (Å²) in [6.45, 7) is 7.22. The molecule has 0 bridgehead atoms. The Morgan fingerprint density at radius 2 is 2.05 bits per heavy atom. The third-order valence-electron chi connectivity index (χ3n) is 3.65. The maximum absolute atomic E-state index is 11.1. The third kappa shape index (κ3) is 4.34. The Balaban J connectivity index is 2.25. The SMILES string of the molecule is CCCN(CC)CCc1c[nH]c2cccc(OP(=O)(O)O)c12. The lowest BCUT2D eigenvalue weighted by molar-refractivity contribution is 0.284. The van der Waals surface area contributed by atoms with Gasteiger partial charge in [0.1, 0.15) is 5.75 Å². The normalized spacial score (nSPS) is 12.2. The van der Waals surface area contributed by atoms with Crippen molar-refractivity contribution in [1.82, 2.24) is 9.88 Å². The van der Waals surface area contributed by atoms with Gasteiger partial charge in [-0.25, -0.2) is 4.57 Å². The average molecular weight is 326 g/mol. The number of hydrogen-bond acceptors (Lipinski definition) is 3. The van der Waals surface area contributed by atoms with E-state index in [4.69, 9.17) is 14.3 Å². The van der Waals surface area contributed by atoms with Crippen LogP contribution in [-0.2, 0) is 11.0 Å². The maximum Gasteiger partial charge on any atom is 0.524 e. The summed E-state index contributed by atoms with van der Waals surface area (Å²) in [6, 6.07) is 5.17. The summed E-state index contributed by atoms with van der Waals surface area (Å²) in [5.41, 5.74) is 1.83. The number of hydrogen-bond donors (Lipinski definition) is 3. The Labute approximate surface area is 130 Å². The minimum absolute atomic E-state index is 0.223. The predicted octanol–water partition coefficient (Wildman–Crippen LogP) is 2.91. The summed E-state index contributed by atoms with van der Waals surface area (Å²) in [5.74, 6) is 0.223. The van der Waals surface area contributed by atoms with Crippen molar-refractivity contribution in [2.24, 2.45) is 0 Å². The first-order valence-electron chi connectivity index (χ1n) is 7.51. The molecule has 0 aliphatic carbocycles. The van der Waals surface area contributed by atoms with E-state index < -0.39 is 7.82 Å². The van der Waals surface area contributed by atoms with Crippen LogP contribution in [0.15, 0.2) is 24.4 Å². The summed E-state index contributed by atoms with van der Waals surface area (Å²) in [4.78, 5) is 23.6. The van der Waals surface area contributed by atoms with Gasteiger partial charge in [-0.2, -0.15) is 0 Å². The number of likely N-dealkylation sites (N-methyl/N-ethyl adjacent to an activating group) is 1. The van der Waals surface area contributed by atoms with Crippen molar-refractivity contribution in [3.63, 3.8) is 0 Å². The van der Waals surface area contributed by atoms with Crippen LogP contribution in [-0.4, -0.2) is 39.3 Å². The molecule has 0 unspecified atom stereocenters. The van der Waals surface area contributed by atoms with Gasteiger partial charge in [-0.05, 0) is 43.6 Å². The number of phosphoric acid groups is 1. The van der Waals surface area contributed by atoms with Crippen LogP contribution in [0.1, 0.15) is 25.8 Å². The van der Waals surface area contributed by atoms with Gasteiger partial charge in [0.15, 0.2) is 0 Å². The lowest BCUT2D eigenvalue weighted by atomic mass is 10.1. The summed E-state index contributed by atoms with van der Waals surface area (Å²) in [7, 11) is -4.57. The molecular formula is C15H23N2O4P. The highest BCUT2D eigenvalue weighted by Gasteiger charge is 2.19. The second-order valence-electron chi connectivity index (χ2n) is 5.26. The first-order chi connectivity index (χ1) is 10.4. The van der Waals surface area contributed by atoms with E-state index in [1.54, 1.807) is 12.1 Å². The van der Waals surface area contributed by atoms with Gasteiger partial charge in [0.25, 0.3) is 0 Å². The monoisotopic (exact) mass is 326 g/mol. The molecule has 1 heterocycles. The predicted molar refractivity (Wildman–Crippen MR) is 87.1 cm³/mol. The number of H-pyrrole nitrogens is 1. The average Bonchev–Trinajstić information content (AvgIpc) is 2.86. The molecule has 122 valence electrons. The Bertz CT molecular complexity index is 665. The largest absolute Gasteiger partial charge is 0.524 e. The van der Waals surface area contributed by atoms with Gasteiger partial charge < -0.3 is 14.4 Å². The van der Waals surface area contributed by atoms with E-state index in [0.717, 1.165) is 48.9 Å². The lowest BCUT2D eigenvalue weighted by Crippen LogP contribution is -2.26. The Morgan fingerprint density at radius 1 is 1.27 bits per heavy atom. The van der Waals surface area contributed by atoms with Crippen molar-refractivity contribution in [1.29, 1.82) is 0 Å². The van der Waals surface area contributed by atoms with Gasteiger partial charge in [-0.1, -0.05) is 19.9 Å². The fourth-order valence-electron chi connectivity index (χ4n) is 2.64. The number of nitrogens with one attached hydrogen (secondary N) is 1. The van der Waals surface area contributed by atoms with Crippen LogP contribution >= 0.6 is 7.82 Å². The van der Waals surface area contributed by atoms with E-state index in [9.17, 15) is 4.57 Å². The third-order valence-corrected chi connectivity index (χ3v) is 4.09. The van der Waals surface area contributed by atoms with Crippen LogP contribution in [0.25, 0.3) is 10.9 Å². The van der Waals surface area contributed by atoms with Gasteiger partial charge in [0.05, 0.1) is 0 Å². The zero-order chi connectivity index (χ0) is 16.2. The van der Waals surface area contributed by atoms with Gasteiger partial charge in [-0.15, -0.1) is 0 Å². The molecule has 0 aliphatic rings. The topological polar surface area (TPSA) is 85.8 Å². The van der Waals surface area contributed by atoms with Crippen molar-refractivity contribution in [2.45, 2.75) is 26.7 Å². The molecule has 0 atom stereocenters. The fraction of sp³-hybridized carbons (Fsp3) is 0.467. The molecule has 0 saturated heterocycles. The van der Waals surface area contributed by atoms with Crippen molar-refractivity contribution in [3.8, 4) is 5.75 Å². The number of phosphoric ester groups is 1. The van der Waals surface area contributed by atoms with Gasteiger partial charge in [-0.3, -0.25) is 9.79 Å². The molecule has 2 aromatic rings. The molecule has 0 amide bonds. The highest BCUT2D eigenvalue weighted by atomic mass is 31.2. The van der Waals surface area contributed by atoms with Gasteiger partial charge in [0.2, 0.25) is 0 Å². The van der Waals surface area contributed by atoms with Crippen molar-refractivity contribution in [3.05, 3.63) is 30.0 Å². The molecule has 3 N–H and O–H groups in total. The van der Waals surface area contributed by atoms with Crippen molar-refractivity contribution < 1.29 is 18.9 Å². The fourth-order valence-corrected chi connectivity index (χ4v) is 3.05. The molecule has 6 nitrogen and oxygen atoms in total. The summed E-state index contributed by atoms with van der Waals surface area (Å²) < 4.78 is 16.0. The van der Waals surface area contributed by atoms with Crippen LogP contribution in [0, 0.1) is 0 Å². The Hall–Kier alpha value is -1.33. The van der Waals surface area contributed by atoms with Crippen LogP contribution in [0.4, 0.5) is 0 Å². The zero-order valence-electron chi connectivity index (χ0n) is 13.0. The number of aromatic amines is 1. The molecule has 7 heteroatoms. The van der Waals surface area contributed by atoms with Crippen LogP contribution in [0.2, 0.25) is 0 Å². The number of aromatic nitrogens is 1. The van der Waals surface area contributed by atoms with Crippen LogP contribution < -0.4 is 4.52 Å². The second-order valence-corrected chi connectivity index (χ2v) is 6.42. The molecule has 0 saturated carbocycles. The molecule has 0 spiro atoms. The van der Waals surface area contributed by atoms with E-state index in [-0.39, 0.29) is 5.75 Å². The van der Waals surface area contributed by atoms with E-state index in [1.807, 2.05) is 12.3 Å². The molecule has 22 heavy (non-hydrogen) atoms. The Morgan fingerprint density at radius 3 is 2.68 bits per heavy atom. The van der Waals surface area contributed by atoms with E-state index in [2.05, 4.69) is 23.7 Å². The number of fused-ring (bicyclic) bond motifs is 1. The Kier molecular flexibility index (Phi) is 5.64. The highest BCUT2D eigenvalue weighted by Crippen LogP contribution is 2.41. The number of nitrogens with zero attached hydrogens (tertiary/aromatic N) is 1. The second kappa shape index (κ2) is 7.29. The standard InChI is InChI=1S/C15H23N2O4P/c1-3-9-17(4-2)10-8-12-11-16-13-6-5-7-14(15(12)13)21-22(18,19)20/h5-7,11,16H,3-4,8-10H2,1-2H3,(H2,18,19,20). The van der Waals surface area contributed by atoms with Gasteiger partial charge in [0, 0.05) is 23.6 Å². The molecule has 1 aromatic heterocycles. The minimum Gasteiger partial charge on any atom is -0.404 e. The summed E-state index contributed by atoms with van der Waals surface area (Å²) >= 11 is 0. The summed E-state index contributed by atoms with van der Waals surface area (Å²) in [5, 5.41) is 0.748. The van der Waals surface area contributed by atoms with Crippen LogP contribution in [0.3, 0.4) is 0 Å². The van der Waals surface area contributed by atoms with Crippen LogP contribution in [0.5, 0.6) is 5.75 Å². The first kappa shape index (κ1) is 17.0. The maximum atomic E-state index is 11.1. The lowest BCUT2D eigenvalue weighted by Gasteiger charge is -2.19. The van der Waals surface area contributed by atoms with Crippen molar-refractivity contribution >= 4 is 18.7 Å². The number of rotatable bonds is 8. The van der Waals surface area contributed by atoms with Crippen molar-refractivity contribution in [2.75, 3.05) is 19.6 Å². The first-order valence-corrected chi connectivity index (χ1v) is 9.04. The summed E-state index contributed by atoms with van der Waals surface area (Å²) in [6.07, 6.45) is 3.79. The highest BCUT2D eigenvalue weighted by molar-refractivity contribution is 7.46. The smallest absolute Gasteiger partial charge is 0.404 e.